The van der Waals surface area contributed by atoms with Crippen LogP contribution in [0.3, 0.4) is 0 Å². The number of likely N-dealkylation sites (N-methyl/N-ethyl adjacent to an activating group) is 1. The molecule has 1 aliphatic heterocycles. The Kier molecular flexibility index (Phi) is 6.90. The third kappa shape index (κ3) is 4.94. The summed E-state index contributed by atoms with van der Waals surface area (Å²) in [5.74, 6) is 0.764. The molecule has 2 bridgehead atoms. The Morgan fingerprint density at radius 2 is 2.10 bits per heavy atom. The predicted molar refractivity (Wildman–Crippen MR) is 154 cm³/mol. The number of nitrogens with one attached hydrogen (secondary N) is 1. The van der Waals surface area contributed by atoms with Crippen LogP contribution in [0.25, 0.3) is 11.0 Å². The van der Waals surface area contributed by atoms with Crippen LogP contribution in [-0.2, 0) is 31.4 Å². The summed E-state index contributed by atoms with van der Waals surface area (Å²) in [7, 11) is 3.97. The lowest BCUT2D eigenvalue weighted by molar-refractivity contribution is -0.124. The maximum Gasteiger partial charge on any atom is 0.234 e. The third-order valence-electron chi connectivity index (χ3n) is 9.80. The van der Waals surface area contributed by atoms with E-state index >= 15 is 0 Å². The van der Waals surface area contributed by atoms with Gasteiger partial charge in [-0.3, -0.25) is 19.1 Å². The van der Waals surface area contributed by atoms with Crippen LogP contribution in [0.15, 0.2) is 12.3 Å². The molecule has 0 saturated heterocycles. The zero-order valence-electron chi connectivity index (χ0n) is 24.3. The largest absolute Gasteiger partial charge is 0.366 e. The first-order valence-electron chi connectivity index (χ1n) is 14.8. The Bertz CT molecular complexity index is 1370. The molecule has 39 heavy (non-hydrogen) atoms. The summed E-state index contributed by atoms with van der Waals surface area (Å²) >= 11 is 0. The molecule has 3 aromatic rings. The van der Waals surface area contributed by atoms with Crippen LogP contribution in [0.2, 0.25) is 0 Å². The van der Waals surface area contributed by atoms with Gasteiger partial charge < -0.3 is 10.2 Å². The van der Waals surface area contributed by atoms with E-state index in [2.05, 4.69) is 51.7 Å². The summed E-state index contributed by atoms with van der Waals surface area (Å²) in [5, 5.41) is 14.1. The van der Waals surface area contributed by atoms with Gasteiger partial charge in [-0.1, -0.05) is 13.3 Å². The zero-order chi connectivity index (χ0) is 27.3. The molecule has 6 rings (SSSR count). The second kappa shape index (κ2) is 10.2. The number of carbonyl (C=O) groups is 1. The Labute approximate surface area is 231 Å². The average Bonchev–Trinajstić information content (AvgIpc) is 3.44. The normalized spacial score (nSPS) is 24.8. The van der Waals surface area contributed by atoms with Crippen molar-refractivity contribution < 1.29 is 4.79 Å². The molecule has 210 valence electrons. The summed E-state index contributed by atoms with van der Waals surface area (Å²) in [6, 6.07) is 2.53. The molecule has 9 heteroatoms. The molecule has 3 aromatic heterocycles. The summed E-state index contributed by atoms with van der Waals surface area (Å²) in [5.41, 5.74) is 7.46. The van der Waals surface area contributed by atoms with E-state index in [0.717, 1.165) is 61.4 Å². The molecule has 2 aliphatic carbocycles. The van der Waals surface area contributed by atoms with Gasteiger partial charge in [-0.05, 0) is 76.9 Å². The molecule has 3 aliphatic rings. The number of nitrogens with zero attached hydrogens (tertiary/aromatic N) is 7. The van der Waals surface area contributed by atoms with Crippen molar-refractivity contribution in [3.8, 4) is 0 Å². The van der Waals surface area contributed by atoms with Crippen molar-refractivity contribution >= 4 is 22.6 Å². The molecule has 1 N–H and O–H groups in total. The number of aromatic nitrogens is 5. The number of carbonyl (C=O) groups excluding carboxylic acids is 1. The number of hydrogen-bond donors (Lipinski definition) is 1. The predicted octanol–water partition coefficient (Wildman–Crippen LogP) is 3.75. The summed E-state index contributed by atoms with van der Waals surface area (Å²) < 4.78 is 4.24. The van der Waals surface area contributed by atoms with E-state index in [1.807, 2.05) is 25.0 Å². The fourth-order valence-corrected chi connectivity index (χ4v) is 7.59. The van der Waals surface area contributed by atoms with Gasteiger partial charge in [0.15, 0.2) is 5.65 Å². The van der Waals surface area contributed by atoms with Crippen molar-refractivity contribution in [3.05, 3.63) is 34.9 Å². The average molecular weight is 533 g/mol. The number of aryl methyl sites for hydroxylation is 3. The van der Waals surface area contributed by atoms with Gasteiger partial charge in [0.1, 0.15) is 0 Å². The minimum absolute atomic E-state index is 0.177. The highest BCUT2D eigenvalue weighted by molar-refractivity contribution is 5.89. The van der Waals surface area contributed by atoms with Crippen molar-refractivity contribution in [1.82, 2.24) is 34.8 Å². The highest BCUT2D eigenvalue weighted by Gasteiger charge is 2.45. The molecule has 3 unspecified atom stereocenters. The van der Waals surface area contributed by atoms with Crippen molar-refractivity contribution in [3.63, 3.8) is 0 Å². The van der Waals surface area contributed by atoms with E-state index in [0.29, 0.717) is 23.9 Å². The van der Waals surface area contributed by atoms with Crippen LogP contribution in [0, 0.1) is 25.2 Å². The Morgan fingerprint density at radius 3 is 2.92 bits per heavy atom. The first kappa shape index (κ1) is 26.3. The monoisotopic (exact) mass is 532 g/mol. The maximum absolute atomic E-state index is 12.6. The Morgan fingerprint density at radius 1 is 1.26 bits per heavy atom. The summed E-state index contributed by atoms with van der Waals surface area (Å²) in [6.45, 7) is 10.6. The number of fused-ring (bicyclic) bond motifs is 4. The Hall–Kier alpha value is -2.94. The molecule has 4 heterocycles. The fourth-order valence-electron chi connectivity index (χ4n) is 7.59. The standard InChI is InChI=1S/C30H44N8O/c1-6-35(4)18-28(39)33-25-9-12-30(11-7-8-22(25)15-30)19-38-26-10-13-37(17-24(26)21(3)34-38)27-14-20(2)32-29-23(27)16-31-36(29)5/h14,16,22,25H,6-13,15,17-19H2,1-5H3,(H,33,39). The molecular formula is C30H44N8O. The second-order valence-corrected chi connectivity index (χ2v) is 12.5. The molecule has 2 saturated carbocycles. The van der Waals surface area contributed by atoms with Gasteiger partial charge in [0.05, 0.1) is 29.5 Å². The van der Waals surface area contributed by atoms with Crippen LogP contribution < -0.4 is 10.2 Å². The highest BCUT2D eigenvalue weighted by Crippen LogP contribution is 2.50. The smallest absolute Gasteiger partial charge is 0.234 e. The topological polar surface area (TPSA) is 84.1 Å². The molecule has 2 fully saturated rings. The number of rotatable bonds is 7. The van der Waals surface area contributed by atoms with Crippen LogP contribution in [0.4, 0.5) is 5.69 Å². The SMILES string of the molecule is CCN(C)CC(=O)NC1CCC2(Cn3nc(C)c4c3CCN(c3cc(C)nc5c3cnn5C)C4)CCCC1C2. The minimum atomic E-state index is 0.177. The lowest BCUT2D eigenvalue weighted by Gasteiger charge is -2.49. The fraction of sp³-hybridized carbons (Fsp3) is 0.667. The van der Waals surface area contributed by atoms with E-state index in [9.17, 15) is 4.79 Å². The van der Waals surface area contributed by atoms with Gasteiger partial charge in [-0.25, -0.2) is 4.98 Å². The molecule has 0 spiro atoms. The van der Waals surface area contributed by atoms with Crippen LogP contribution in [-0.4, -0.2) is 68.1 Å². The van der Waals surface area contributed by atoms with Crippen LogP contribution in [0.1, 0.15) is 68.1 Å². The summed E-state index contributed by atoms with van der Waals surface area (Å²) in [6.07, 6.45) is 10.2. The van der Waals surface area contributed by atoms with Crippen LogP contribution >= 0.6 is 0 Å². The molecule has 9 nitrogen and oxygen atoms in total. The van der Waals surface area contributed by atoms with Crippen molar-refractivity contribution in [1.29, 1.82) is 0 Å². The van der Waals surface area contributed by atoms with Crippen molar-refractivity contribution in [2.75, 3.05) is 31.6 Å². The summed E-state index contributed by atoms with van der Waals surface area (Å²) in [4.78, 5) is 21.9. The van der Waals surface area contributed by atoms with Crippen molar-refractivity contribution in [2.24, 2.45) is 18.4 Å². The number of hydrogen-bond acceptors (Lipinski definition) is 6. The quantitative estimate of drug-likeness (QED) is 0.499. The lowest BCUT2D eigenvalue weighted by atomic mass is 9.60. The first-order chi connectivity index (χ1) is 18.7. The lowest BCUT2D eigenvalue weighted by Crippen LogP contribution is -2.51. The molecule has 0 radical (unpaired) electrons. The molecule has 3 atom stereocenters. The second-order valence-electron chi connectivity index (χ2n) is 12.5. The highest BCUT2D eigenvalue weighted by atomic mass is 16.2. The first-order valence-corrected chi connectivity index (χ1v) is 14.8. The zero-order valence-corrected chi connectivity index (χ0v) is 24.3. The van der Waals surface area contributed by atoms with Gasteiger partial charge in [-0.15, -0.1) is 0 Å². The van der Waals surface area contributed by atoms with Crippen LogP contribution in [0.5, 0.6) is 0 Å². The number of pyridine rings is 1. The van der Waals surface area contributed by atoms with E-state index in [1.165, 1.54) is 49.0 Å². The molecule has 0 aromatic carbocycles. The van der Waals surface area contributed by atoms with Gasteiger partial charge >= 0.3 is 0 Å². The number of anilines is 1. The van der Waals surface area contributed by atoms with E-state index in [-0.39, 0.29) is 5.91 Å². The molecule has 1 amide bonds. The van der Waals surface area contributed by atoms with Gasteiger partial charge in [0.2, 0.25) is 5.91 Å². The van der Waals surface area contributed by atoms with Crippen molar-refractivity contribution in [2.45, 2.75) is 84.8 Å². The van der Waals surface area contributed by atoms with Gasteiger partial charge in [0.25, 0.3) is 0 Å². The maximum atomic E-state index is 12.6. The number of amides is 1. The third-order valence-corrected chi connectivity index (χ3v) is 9.80. The molecular weight excluding hydrogens is 488 g/mol. The Balaban J connectivity index is 1.18. The van der Waals surface area contributed by atoms with E-state index in [4.69, 9.17) is 10.1 Å². The minimum Gasteiger partial charge on any atom is -0.366 e. The van der Waals surface area contributed by atoms with Gasteiger partial charge in [0, 0.05) is 56.1 Å². The van der Waals surface area contributed by atoms with Gasteiger partial charge in [-0.2, -0.15) is 10.2 Å². The van der Waals surface area contributed by atoms with E-state index in [1.54, 1.807) is 0 Å². The van der Waals surface area contributed by atoms with E-state index < -0.39 is 0 Å².